The van der Waals surface area contributed by atoms with Crippen molar-refractivity contribution >= 4 is 40.6 Å². The number of anilines is 2. The molecule has 0 aliphatic heterocycles. The van der Waals surface area contributed by atoms with Gasteiger partial charge in [0.1, 0.15) is 0 Å². The van der Waals surface area contributed by atoms with Crippen LogP contribution in [0.2, 0.25) is 5.02 Å². The summed E-state index contributed by atoms with van der Waals surface area (Å²) < 4.78 is 0. The predicted molar refractivity (Wildman–Crippen MR) is 91.8 cm³/mol. The fraction of sp³-hybridized carbons (Fsp3) is 0.188. The van der Waals surface area contributed by atoms with E-state index in [9.17, 15) is 4.79 Å². The van der Waals surface area contributed by atoms with E-state index in [0.29, 0.717) is 22.2 Å². The zero-order valence-corrected chi connectivity index (χ0v) is 13.3. The standard InChI is InChI=1S/C16H17ClN2OS/c1-11-3-2-4-12(7-11)9-21-10-16(20)19-15-6-5-13(17)8-14(15)18/h2-8H,9-10,18H2,1H3,(H,19,20). The molecule has 0 heterocycles. The van der Waals surface area contributed by atoms with Crippen molar-refractivity contribution in [2.24, 2.45) is 0 Å². The minimum Gasteiger partial charge on any atom is -0.397 e. The van der Waals surface area contributed by atoms with Crippen LogP contribution in [0.4, 0.5) is 11.4 Å². The summed E-state index contributed by atoms with van der Waals surface area (Å²) in [6.45, 7) is 2.06. The summed E-state index contributed by atoms with van der Waals surface area (Å²) in [6.07, 6.45) is 0. The summed E-state index contributed by atoms with van der Waals surface area (Å²) in [6, 6.07) is 13.3. The highest BCUT2D eigenvalue weighted by Crippen LogP contribution is 2.23. The Balaban J connectivity index is 1.82. The van der Waals surface area contributed by atoms with Crippen LogP contribution < -0.4 is 11.1 Å². The average Bonchev–Trinajstić information content (AvgIpc) is 2.42. The fourth-order valence-corrected chi connectivity index (χ4v) is 2.85. The molecule has 2 aromatic carbocycles. The van der Waals surface area contributed by atoms with Crippen LogP contribution in [0.25, 0.3) is 0 Å². The number of hydrogen-bond donors (Lipinski definition) is 2. The van der Waals surface area contributed by atoms with Crippen LogP contribution in [0.15, 0.2) is 42.5 Å². The van der Waals surface area contributed by atoms with E-state index in [1.54, 1.807) is 30.0 Å². The van der Waals surface area contributed by atoms with Crippen molar-refractivity contribution in [3.8, 4) is 0 Å². The second-order valence-electron chi connectivity index (χ2n) is 4.76. The van der Waals surface area contributed by atoms with Gasteiger partial charge in [0.15, 0.2) is 0 Å². The van der Waals surface area contributed by atoms with Gasteiger partial charge in [0.05, 0.1) is 17.1 Å². The molecule has 0 unspecified atom stereocenters. The lowest BCUT2D eigenvalue weighted by atomic mass is 10.2. The van der Waals surface area contributed by atoms with Gasteiger partial charge in [-0.3, -0.25) is 4.79 Å². The zero-order valence-electron chi connectivity index (χ0n) is 11.7. The second kappa shape index (κ2) is 7.38. The molecule has 3 nitrogen and oxygen atoms in total. The van der Waals surface area contributed by atoms with Gasteiger partial charge in [0, 0.05) is 10.8 Å². The van der Waals surface area contributed by atoms with Gasteiger partial charge in [-0.05, 0) is 30.7 Å². The average molecular weight is 321 g/mol. The Labute approximate surface area is 133 Å². The SMILES string of the molecule is Cc1cccc(CSCC(=O)Nc2ccc(Cl)cc2N)c1. The highest BCUT2D eigenvalue weighted by atomic mass is 35.5. The molecule has 110 valence electrons. The van der Waals surface area contributed by atoms with E-state index in [1.165, 1.54) is 11.1 Å². The van der Waals surface area contributed by atoms with Crippen molar-refractivity contribution < 1.29 is 4.79 Å². The predicted octanol–water partition coefficient (Wildman–Crippen LogP) is 4.10. The molecule has 0 aliphatic carbocycles. The highest BCUT2D eigenvalue weighted by molar-refractivity contribution is 7.99. The number of amides is 1. The molecule has 0 fully saturated rings. The first kappa shape index (κ1) is 15.7. The molecule has 2 aromatic rings. The molecule has 0 aromatic heterocycles. The Kier molecular flexibility index (Phi) is 5.53. The molecule has 0 aliphatic rings. The number of nitrogens with two attached hydrogens (primary N) is 1. The lowest BCUT2D eigenvalue weighted by Crippen LogP contribution is -2.15. The van der Waals surface area contributed by atoms with Crippen molar-refractivity contribution in [1.82, 2.24) is 0 Å². The maximum atomic E-state index is 11.9. The van der Waals surface area contributed by atoms with E-state index < -0.39 is 0 Å². The van der Waals surface area contributed by atoms with Crippen LogP contribution >= 0.6 is 23.4 Å². The minimum atomic E-state index is -0.0679. The van der Waals surface area contributed by atoms with Crippen molar-refractivity contribution in [1.29, 1.82) is 0 Å². The number of thioether (sulfide) groups is 1. The summed E-state index contributed by atoms with van der Waals surface area (Å²) in [5, 5.41) is 3.35. The maximum Gasteiger partial charge on any atom is 0.234 e. The largest absolute Gasteiger partial charge is 0.397 e. The van der Waals surface area contributed by atoms with Crippen LogP contribution in [-0.2, 0) is 10.5 Å². The van der Waals surface area contributed by atoms with Gasteiger partial charge in [0.2, 0.25) is 5.91 Å². The fourth-order valence-electron chi connectivity index (χ4n) is 1.90. The van der Waals surface area contributed by atoms with Gasteiger partial charge in [0.25, 0.3) is 0 Å². The number of nitrogens with one attached hydrogen (secondary N) is 1. The third kappa shape index (κ3) is 4.99. The lowest BCUT2D eigenvalue weighted by molar-refractivity contribution is -0.113. The van der Waals surface area contributed by atoms with Crippen molar-refractivity contribution in [2.75, 3.05) is 16.8 Å². The quantitative estimate of drug-likeness (QED) is 0.815. The first-order chi connectivity index (χ1) is 10.0. The van der Waals surface area contributed by atoms with E-state index in [4.69, 9.17) is 17.3 Å². The number of rotatable bonds is 5. The molecule has 0 saturated heterocycles. The Morgan fingerprint density at radius 1 is 1.29 bits per heavy atom. The number of aryl methyl sites for hydroxylation is 1. The van der Waals surface area contributed by atoms with E-state index in [0.717, 1.165) is 5.75 Å². The van der Waals surface area contributed by atoms with Gasteiger partial charge >= 0.3 is 0 Å². The molecule has 21 heavy (non-hydrogen) atoms. The Morgan fingerprint density at radius 3 is 2.81 bits per heavy atom. The van der Waals surface area contributed by atoms with Gasteiger partial charge in [-0.2, -0.15) is 0 Å². The zero-order chi connectivity index (χ0) is 15.2. The summed E-state index contributed by atoms with van der Waals surface area (Å²) >= 11 is 7.39. The molecule has 5 heteroatoms. The number of halogens is 1. The molecule has 1 amide bonds. The van der Waals surface area contributed by atoms with Crippen LogP contribution in [0.3, 0.4) is 0 Å². The summed E-state index contributed by atoms with van der Waals surface area (Å²) in [7, 11) is 0. The van der Waals surface area contributed by atoms with Crippen molar-refractivity contribution in [3.63, 3.8) is 0 Å². The third-order valence-electron chi connectivity index (χ3n) is 2.87. The molecular weight excluding hydrogens is 304 g/mol. The number of nitrogen functional groups attached to an aromatic ring is 1. The third-order valence-corrected chi connectivity index (χ3v) is 4.11. The monoisotopic (exact) mass is 320 g/mol. The lowest BCUT2D eigenvalue weighted by Gasteiger charge is -2.08. The van der Waals surface area contributed by atoms with E-state index in [1.807, 2.05) is 6.07 Å². The van der Waals surface area contributed by atoms with Crippen molar-refractivity contribution in [2.45, 2.75) is 12.7 Å². The molecule has 0 spiro atoms. The first-order valence-electron chi connectivity index (χ1n) is 6.53. The second-order valence-corrected chi connectivity index (χ2v) is 6.18. The molecule has 0 radical (unpaired) electrons. The molecule has 3 N–H and O–H groups in total. The van der Waals surface area contributed by atoms with Crippen LogP contribution in [0.5, 0.6) is 0 Å². The molecule has 0 atom stereocenters. The van der Waals surface area contributed by atoms with Gasteiger partial charge in [-0.1, -0.05) is 41.4 Å². The van der Waals surface area contributed by atoms with Gasteiger partial charge < -0.3 is 11.1 Å². The van der Waals surface area contributed by atoms with Crippen LogP contribution in [0.1, 0.15) is 11.1 Å². The summed E-state index contributed by atoms with van der Waals surface area (Å²) in [4.78, 5) is 11.9. The highest BCUT2D eigenvalue weighted by Gasteiger charge is 2.06. The van der Waals surface area contributed by atoms with Crippen molar-refractivity contribution in [3.05, 3.63) is 58.6 Å². The maximum absolute atomic E-state index is 11.9. The smallest absolute Gasteiger partial charge is 0.234 e. The number of carbonyl (C=O) groups is 1. The molecule has 2 rings (SSSR count). The van der Waals surface area contributed by atoms with E-state index in [-0.39, 0.29) is 5.91 Å². The topological polar surface area (TPSA) is 55.1 Å². The Morgan fingerprint density at radius 2 is 2.10 bits per heavy atom. The van der Waals surface area contributed by atoms with E-state index in [2.05, 4.69) is 30.4 Å². The van der Waals surface area contributed by atoms with Crippen LogP contribution in [-0.4, -0.2) is 11.7 Å². The molecule has 0 saturated carbocycles. The number of carbonyl (C=O) groups excluding carboxylic acids is 1. The van der Waals surface area contributed by atoms with Gasteiger partial charge in [-0.25, -0.2) is 0 Å². The normalized spacial score (nSPS) is 10.4. The minimum absolute atomic E-state index is 0.0679. The van der Waals surface area contributed by atoms with Gasteiger partial charge in [-0.15, -0.1) is 11.8 Å². The number of benzene rings is 2. The first-order valence-corrected chi connectivity index (χ1v) is 8.06. The Hall–Kier alpha value is -1.65. The number of hydrogen-bond acceptors (Lipinski definition) is 3. The Bertz CT molecular complexity index is 646. The van der Waals surface area contributed by atoms with Crippen LogP contribution in [0, 0.1) is 6.92 Å². The molecular formula is C16H17ClN2OS. The van der Waals surface area contributed by atoms with E-state index >= 15 is 0 Å². The molecule has 0 bridgehead atoms. The summed E-state index contributed by atoms with van der Waals surface area (Å²) in [5.74, 6) is 1.13. The summed E-state index contributed by atoms with van der Waals surface area (Å²) in [5.41, 5.74) is 9.32.